The number of rotatable bonds is 7. The van der Waals surface area contributed by atoms with Crippen molar-refractivity contribution >= 4 is 5.96 Å². The molecule has 0 unspecified atom stereocenters. The van der Waals surface area contributed by atoms with E-state index in [4.69, 9.17) is 0 Å². The van der Waals surface area contributed by atoms with E-state index >= 15 is 0 Å². The van der Waals surface area contributed by atoms with Gasteiger partial charge in [-0.2, -0.15) is 0 Å². The molecule has 0 bridgehead atoms. The van der Waals surface area contributed by atoms with E-state index in [0.29, 0.717) is 5.41 Å². The van der Waals surface area contributed by atoms with Crippen LogP contribution in [0.1, 0.15) is 44.6 Å². The van der Waals surface area contributed by atoms with Crippen LogP contribution < -0.4 is 10.6 Å². The third-order valence-electron chi connectivity index (χ3n) is 6.06. The maximum atomic E-state index is 4.41. The fourth-order valence-corrected chi connectivity index (χ4v) is 3.97. The number of piperidine rings is 1. The molecule has 0 amide bonds. The number of guanidine groups is 1. The molecule has 4 nitrogen and oxygen atoms in total. The molecule has 3 rings (SSSR count). The largest absolute Gasteiger partial charge is 0.356 e. The van der Waals surface area contributed by atoms with Crippen LogP contribution >= 0.6 is 0 Å². The minimum atomic E-state index is 0.325. The molecule has 2 N–H and O–H groups in total. The molecule has 1 aliphatic heterocycles. The van der Waals surface area contributed by atoms with Gasteiger partial charge in [-0.15, -0.1) is 0 Å². The summed E-state index contributed by atoms with van der Waals surface area (Å²) >= 11 is 0. The minimum absolute atomic E-state index is 0.325. The number of nitrogens with zero attached hydrogens (tertiary/aromatic N) is 2. The van der Waals surface area contributed by atoms with E-state index in [9.17, 15) is 0 Å². The highest BCUT2D eigenvalue weighted by atomic mass is 15.2. The fourth-order valence-electron chi connectivity index (χ4n) is 3.97. The average molecular weight is 343 g/mol. The molecular formula is C21H34N4. The lowest BCUT2D eigenvalue weighted by atomic mass is 9.93. The number of aliphatic imine (C=N–C) groups is 1. The number of benzene rings is 1. The van der Waals surface area contributed by atoms with E-state index in [1.54, 1.807) is 0 Å². The molecule has 0 spiro atoms. The first-order valence-electron chi connectivity index (χ1n) is 9.98. The summed E-state index contributed by atoms with van der Waals surface area (Å²) in [5.74, 6) is 1.82. The third-order valence-corrected chi connectivity index (χ3v) is 6.06. The molecule has 2 aliphatic rings. The van der Waals surface area contributed by atoms with Crippen molar-refractivity contribution in [2.75, 3.05) is 39.8 Å². The van der Waals surface area contributed by atoms with E-state index in [1.807, 2.05) is 7.05 Å². The highest BCUT2D eigenvalue weighted by Crippen LogP contribution is 2.47. The second-order valence-electron chi connectivity index (χ2n) is 7.67. The van der Waals surface area contributed by atoms with Gasteiger partial charge in [-0.1, -0.05) is 37.3 Å². The van der Waals surface area contributed by atoms with Crippen LogP contribution in [0.5, 0.6) is 0 Å². The van der Waals surface area contributed by atoms with Crippen molar-refractivity contribution in [2.24, 2.45) is 10.9 Å². The molecule has 1 aliphatic carbocycles. The standard InChI is InChI=1S/C21H34N4/c1-3-25-15-10-18(11-16-25)9-14-23-20(22-2)24-17-21(12-13-21)19-7-5-4-6-8-19/h4-8,18H,3,9-17H2,1-2H3,(H2,22,23,24). The molecule has 1 heterocycles. The van der Waals surface area contributed by atoms with Gasteiger partial charge in [0.15, 0.2) is 5.96 Å². The Hall–Kier alpha value is -1.55. The van der Waals surface area contributed by atoms with Gasteiger partial charge >= 0.3 is 0 Å². The molecule has 2 fully saturated rings. The van der Waals surface area contributed by atoms with Crippen LogP contribution in [0.4, 0.5) is 0 Å². The van der Waals surface area contributed by atoms with E-state index in [1.165, 1.54) is 57.3 Å². The van der Waals surface area contributed by atoms with E-state index < -0.39 is 0 Å². The molecular weight excluding hydrogens is 308 g/mol. The summed E-state index contributed by atoms with van der Waals surface area (Å²) in [7, 11) is 1.87. The van der Waals surface area contributed by atoms with Crippen LogP contribution in [0.2, 0.25) is 0 Å². The van der Waals surface area contributed by atoms with Gasteiger partial charge in [0.05, 0.1) is 0 Å². The van der Waals surface area contributed by atoms with Gasteiger partial charge in [-0.05, 0) is 63.2 Å². The van der Waals surface area contributed by atoms with Crippen LogP contribution in [-0.4, -0.2) is 50.6 Å². The summed E-state index contributed by atoms with van der Waals surface area (Å²) < 4.78 is 0. The van der Waals surface area contributed by atoms with Crippen LogP contribution in [0, 0.1) is 5.92 Å². The molecule has 138 valence electrons. The van der Waals surface area contributed by atoms with Gasteiger partial charge in [0.2, 0.25) is 0 Å². The molecule has 25 heavy (non-hydrogen) atoms. The summed E-state index contributed by atoms with van der Waals surface area (Å²) in [6.45, 7) is 8.01. The van der Waals surface area contributed by atoms with Gasteiger partial charge < -0.3 is 15.5 Å². The van der Waals surface area contributed by atoms with E-state index in [0.717, 1.165) is 25.0 Å². The predicted molar refractivity (Wildman–Crippen MR) is 106 cm³/mol. The molecule has 0 radical (unpaired) electrons. The first kappa shape index (κ1) is 18.2. The van der Waals surface area contributed by atoms with Gasteiger partial charge in [-0.25, -0.2) is 0 Å². The first-order valence-corrected chi connectivity index (χ1v) is 9.98. The Balaban J connectivity index is 1.38. The topological polar surface area (TPSA) is 39.7 Å². The molecule has 4 heteroatoms. The Morgan fingerprint density at radius 3 is 2.48 bits per heavy atom. The zero-order chi connectivity index (χ0) is 17.5. The van der Waals surface area contributed by atoms with Gasteiger partial charge in [0.1, 0.15) is 0 Å². The van der Waals surface area contributed by atoms with Crippen molar-refractivity contribution in [3.05, 3.63) is 35.9 Å². The molecule has 0 aromatic heterocycles. The molecule has 1 aromatic rings. The van der Waals surface area contributed by atoms with E-state index in [-0.39, 0.29) is 0 Å². The van der Waals surface area contributed by atoms with Gasteiger partial charge in [-0.3, -0.25) is 4.99 Å². The summed E-state index contributed by atoms with van der Waals surface area (Å²) in [5.41, 5.74) is 1.78. The van der Waals surface area contributed by atoms with Crippen LogP contribution in [0.3, 0.4) is 0 Å². The maximum Gasteiger partial charge on any atom is 0.191 e. The lowest BCUT2D eigenvalue weighted by molar-refractivity contribution is 0.187. The maximum absolute atomic E-state index is 4.41. The van der Waals surface area contributed by atoms with Crippen LogP contribution in [0.25, 0.3) is 0 Å². The monoisotopic (exact) mass is 342 g/mol. The average Bonchev–Trinajstić information content (AvgIpc) is 3.47. The van der Waals surface area contributed by atoms with Crippen LogP contribution in [0.15, 0.2) is 35.3 Å². The van der Waals surface area contributed by atoms with Gasteiger partial charge in [0, 0.05) is 25.6 Å². The van der Waals surface area contributed by atoms with Crippen molar-refractivity contribution in [2.45, 2.75) is 44.4 Å². The zero-order valence-electron chi connectivity index (χ0n) is 15.9. The summed E-state index contributed by atoms with van der Waals surface area (Å²) in [4.78, 5) is 6.97. The fraction of sp³-hybridized carbons (Fsp3) is 0.667. The zero-order valence-corrected chi connectivity index (χ0v) is 15.9. The van der Waals surface area contributed by atoms with Crippen molar-refractivity contribution in [3.63, 3.8) is 0 Å². The van der Waals surface area contributed by atoms with Crippen molar-refractivity contribution in [1.82, 2.24) is 15.5 Å². The van der Waals surface area contributed by atoms with Crippen molar-refractivity contribution < 1.29 is 0 Å². The Labute approximate surface area is 153 Å². The quantitative estimate of drug-likeness (QED) is 0.591. The highest BCUT2D eigenvalue weighted by molar-refractivity contribution is 5.79. The Morgan fingerprint density at radius 2 is 1.88 bits per heavy atom. The molecule has 1 aromatic carbocycles. The number of likely N-dealkylation sites (tertiary alicyclic amines) is 1. The number of nitrogens with one attached hydrogen (secondary N) is 2. The summed E-state index contributed by atoms with van der Waals surface area (Å²) in [6, 6.07) is 10.9. The second kappa shape index (κ2) is 8.70. The Kier molecular flexibility index (Phi) is 6.35. The summed E-state index contributed by atoms with van der Waals surface area (Å²) in [6.07, 6.45) is 6.49. The van der Waals surface area contributed by atoms with E-state index in [2.05, 4.69) is 57.8 Å². The molecule has 1 saturated heterocycles. The summed E-state index contributed by atoms with van der Waals surface area (Å²) in [5, 5.41) is 7.07. The highest BCUT2D eigenvalue weighted by Gasteiger charge is 2.43. The first-order chi connectivity index (χ1) is 12.3. The SMILES string of the molecule is CCN1CCC(CCNC(=NC)NCC2(c3ccccc3)CC2)CC1. The van der Waals surface area contributed by atoms with Crippen molar-refractivity contribution in [1.29, 1.82) is 0 Å². The smallest absolute Gasteiger partial charge is 0.191 e. The second-order valence-corrected chi connectivity index (χ2v) is 7.67. The van der Waals surface area contributed by atoms with Crippen molar-refractivity contribution in [3.8, 4) is 0 Å². The normalized spacial score (nSPS) is 21.1. The Bertz CT molecular complexity index is 542. The number of hydrogen-bond acceptors (Lipinski definition) is 2. The Morgan fingerprint density at radius 1 is 1.16 bits per heavy atom. The third kappa shape index (κ3) is 4.97. The minimum Gasteiger partial charge on any atom is -0.356 e. The predicted octanol–water partition coefficient (Wildman–Crippen LogP) is 3.01. The lowest BCUT2D eigenvalue weighted by Gasteiger charge is -2.31. The molecule has 1 saturated carbocycles. The molecule has 0 atom stereocenters. The van der Waals surface area contributed by atoms with Gasteiger partial charge in [0.25, 0.3) is 0 Å². The van der Waals surface area contributed by atoms with Crippen LogP contribution in [-0.2, 0) is 5.41 Å². The number of hydrogen-bond donors (Lipinski definition) is 2. The lowest BCUT2D eigenvalue weighted by Crippen LogP contribution is -2.42.